The first kappa shape index (κ1) is 15.7. The lowest BCUT2D eigenvalue weighted by Crippen LogP contribution is -2.38. The van der Waals surface area contributed by atoms with Crippen molar-refractivity contribution in [3.05, 3.63) is 33.8 Å². The maximum absolute atomic E-state index is 9.26. The van der Waals surface area contributed by atoms with Gasteiger partial charge in [0.25, 0.3) is 0 Å². The average molecular weight is 292 g/mol. The molecule has 0 aromatic heterocycles. The van der Waals surface area contributed by atoms with Gasteiger partial charge in [0, 0.05) is 28.5 Å². The van der Waals surface area contributed by atoms with Crippen LogP contribution in [0, 0.1) is 5.41 Å². The molecule has 102 valence electrons. The van der Waals surface area contributed by atoms with E-state index in [1.165, 1.54) is 0 Å². The molecule has 0 saturated carbocycles. The van der Waals surface area contributed by atoms with Crippen LogP contribution in [0.3, 0.4) is 0 Å². The third-order valence-corrected chi connectivity index (χ3v) is 3.23. The molecule has 18 heavy (non-hydrogen) atoms. The minimum Gasteiger partial charge on any atom is -0.396 e. The number of benzene rings is 1. The number of halogens is 2. The number of aliphatic hydroxyl groups is 2. The van der Waals surface area contributed by atoms with Crippen LogP contribution >= 0.6 is 23.2 Å². The Morgan fingerprint density at radius 3 is 2.06 bits per heavy atom. The highest BCUT2D eigenvalue weighted by Gasteiger charge is 2.24. The van der Waals surface area contributed by atoms with Crippen molar-refractivity contribution in [2.45, 2.75) is 13.5 Å². The van der Waals surface area contributed by atoms with Gasteiger partial charge in [-0.25, -0.2) is 0 Å². The van der Waals surface area contributed by atoms with Gasteiger partial charge in [0.1, 0.15) is 0 Å². The van der Waals surface area contributed by atoms with Gasteiger partial charge in [-0.2, -0.15) is 0 Å². The summed E-state index contributed by atoms with van der Waals surface area (Å²) in [4.78, 5) is 2.02. The Bertz CT molecular complexity index is 374. The first-order chi connectivity index (χ1) is 8.38. The molecule has 1 aromatic rings. The number of rotatable bonds is 6. The van der Waals surface area contributed by atoms with E-state index in [2.05, 4.69) is 0 Å². The van der Waals surface area contributed by atoms with E-state index >= 15 is 0 Å². The second-order valence-electron chi connectivity index (χ2n) is 5.08. The number of nitrogens with zero attached hydrogens (tertiary/aromatic N) is 1. The van der Waals surface area contributed by atoms with E-state index < -0.39 is 5.41 Å². The van der Waals surface area contributed by atoms with Crippen molar-refractivity contribution in [1.82, 2.24) is 4.90 Å². The largest absolute Gasteiger partial charge is 0.396 e. The molecule has 0 atom stereocenters. The Morgan fingerprint density at radius 1 is 1.11 bits per heavy atom. The summed E-state index contributed by atoms with van der Waals surface area (Å²) < 4.78 is 0. The van der Waals surface area contributed by atoms with Gasteiger partial charge >= 0.3 is 0 Å². The first-order valence-electron chi connectivity index (χ1n) is 5.74. The Kier molecular flexibility index (Phi) is 5.89. The van der Waals surface area contributed by atoms with Crippen LogP contribution in [0.2, 0.25) is 10.0 Å². The fraction of sp³-hybridized carbons (Fsp3) is 0.538. The van der Waals surface area contributed by atoms with Crippen LogP contribution in [-0.2, 0) is 6.54 Å². The minimum absolute atomic E-state index is 0.0514. The molecule has 5 heteroatoms. The SMILES string of the molecule is CN(Cc1cc(Cl)cc(Cl)c1)CC(C)(CO)CO. The summed E-state index contributed by atoms with van der Waals surface area (Å²) in [6.07, 6.45) is 0. The summed E-state index contributed by atoms with van der Waals surface area (Å²) in [5.41, 5.74) is 0.505. The smallest absolute Gasteiger partial charge is 0.0519 e. The molecule has 0 unspecified atom stereocenters. The molecule has 1 rings (SSSR count). The maximum Gasteiger partial charge on any atom is 0.0519 e. The molecule has 0 fully saturated rings. The zero-order valence-electron chi connectivity index (χ0n) is 10.7. The summed E-state index contributed by atoms with van der Waals surface area (Å²) >= 11 is 11.9. The van der Waals surface area contributed by atoms with Gasteiger partial charge in [0.2, 0.25) is 0 Å². The third kappa shape index (κ3) is 4.75. The maximum atomic E-state index is 9.26. The molecule has 3 nitrogen and oxygen atoms in total. The van der Waals surface area contributed by atoms with Crippen LogP contribution in [0.15, 0.2) is 18.2 Å². The molecule has 1 aromatic carbocycles. The zero-order chi connectivity index (χ0) is 13.8. The Labute approximate surface area is 118 Å². The normalized spacial score (nSPS) is 12.2. The van der Waals surface area contributed by atoms with Crippen LogP contribution < -0.4 is 0 Å². The highest BCUT2D eigenvalue weighted by molar-refractivity contribution is 6.34. The van der Waals surface area contributed by atoms with Crippen molar-refractivity contribution in [2.75, 3.05) is 26.8 Å². The summed E-state index contributed by atoms with van der Waals surface area (Å²) in [6, 6.07) is 5.41. The Hall–Kier alpha value is -0.320. The summed E-state index contributed by atoms with van der Waals surface area (Å²) in [5, 5.41) is 19.7. The predicted molar refractivity (Wildman–Crippen MR) is 75.1 cm³/mol. The van der Waals surface area contributed by atoms with E-state index in [1.807, 2.05) is 31.0 Å². The molecule has 0 aliphatic rings. The topological polar surface area (TPSA) is 43.7 Å². The zero-order valence-corrected chi connectivity index (χ0v) is 12.2. The number of hydrogen-bond donors (Lipinski definition) is 2. The van der Waals surface area contributed by atoms with Crippen molar-refractivity contribution in [3.8, 4) is 0 Å². The van der Waals surface area contributed by atoms with Crippen LogP contribution in [-0.4, -0.2) is 41.9 Å². The highest BCUT2D eigenvalue weighted by atomic mass is 35.5. The van der Waals surface area contributed by atoms with Gasteiger partial charge in [-0.15, -0.1) is 0 Å². The molecule has 0 bridgehead atoms. The lowest BCUT2D eigenvalue weighted by molar-refractivity contribution is 0.0402. The fourth-order valence-corrected chi connectivity index (χ4v) is 2.44. The van der Waals surface area contributed by atoms with Crippen molar-refractivity contribution in [2.24, 2.45) is 5.41 Å². The van der Waals surface area contributed by atoms with Gasteiger partial charge in [0.05, 0.1) is 13.2 Å². The van der Waals surface area contributed by atoms with E-state index in [0.29, 0.717) is 23.1 Å². The summed E-state index contributed by atoms with van der Waals surface area (Å²) in [6.45, 7) is 2.99. The molecular formula is C13H19Cl2NO2. The molecule has 0 radical (unpaired) electrons. The monoisotopic (exact) mass is 291 g/mol. The van der Waals surface area contributed by atoms with Crippen molar-refractivity contribution in [1.29, 1.82) is 0 Å². The quantitative estimate of drug-likeness (QED) is 0.846. The van der Waals surface area contributed by atoms with E-state index in [9.17, 15) is 10.2 Å². The third-order valence-electron chi connectivity index (χ3n) is 2.79. The lowest BCUT2D eigenvalue weighted by atomic mass is 9.92. The van der Waals surface area contributed by atoms with Gasteiger partial charge in [-0.1, -0.05) is 30.1 Å². The Morgan fingerprint density at radius 2 is 1.61 bits per heavy atom. The number of hydrogen-bond acceptors (Lipinski definition) is 3. The summed E-state index contributed by atoms with van der Waals surface area (Å²) in [5.74, 6) is 0. The van der Waals surface area contributed by atoms with Gasteiger partial charge in [-0.05, 0) is 30.8 Å². The van der Waals surface area contributed by atoms with Crippen molar-refractivity contribution < 1.29 is 10.2 Å². The molecule has 0 aliphatic carbocycles. The molecule has 2 N–H and O–H groups in total. The molecule has 0 saturated heterocycles. The van der Waals surface area contributed by atoms with Crippen molar-refractivity contribution >= 4 is 23.2 Å². The van der Waals surface area contributed by atoms with Gasteiger partial charge in [-0.3, -0.25) is 0 Å². The standard InChI is InChI=1S/C13H19Cl2NO2/c1-13(8-17,9-18)7-16(2)6-10-3-11(14)5-12(15)4-10/h3-5,17-18H,6-9H2,1-2H3. The van der Waals surface area contributed by atoms with E-state index in [1.54, 1.807) is 6.07 Å². The molecule has 0 aliphatic heterocycles. The van der Waals surface area contributed by atoms with E-state index in [4.69, 9.17) is 23.2 Å². The molecular weight excluding hydrogens is 273 g/mol. The molecule has 0 spiro atoms. The van der Waals surface area contributed by atoms with Gasteiger partial charge < -0.3 is 15.1 Å². The van der Waals surface area contributed by atoms with E-state index in [0.717, 1.165) is 5.56 Å². The predicted octanol–water partition coefficient (Wildman–Crippen LogP) is 2.42. The van der Waals surface area contributed by atoms with Crippen LogP contribution in [0.1, 0.15) is 12.5 Å². The van der Waals surface area contributed by atoms with Gasteiger partial charge in [0.15, 0.2) is 0 Å². The second-order valence-corrected chi connectivity index (χ2v) is 5.95. The molecule has 0 amide bonds. The highest BCUT2D eigenvalue weighted by Crippen LogP contribution is 2.21. The second kappa shape index (κ2) is 6.73. The van der Waals surface area contributed by atoms with Crippen LogP contribution in [0.4, 0.5) is 0 Å². The average Bonchev–Trinajstić information content (AvgIpc) is 2.27. The lowest BCUT2D eigenvalue weighted by Gasteiger charge is -2.30. The molecule has 0 heterocycles. The Balaban J connectivity index is 2.67. The van der Waals surface area contributed by atoms with Crippen LogP contribution in [0.5, 0.6) is 0 Å². The minimum atomic E-state index is -0.503. The first-order valence-corrected chi connectivity index (χ1v) is 6.49. The van der Waals surface area contributed by atoms with Crippen LogP contribution in [0.25, 0.3) is 0 Å². The number of aliphatic hydroxyl groups excluding tert-OH is 2. The van der Waals surface area contributed by atoms with Crippen molar-refractivity contribution in [3.63, 3.8) is 0 Å². The fourth-order valence-electron chi connectivity index (χ4n) is 1.87. The summed E-state index contributed by atoms with van der Waals surface area (Å²) in [7, 11) is 1.93. The van der Waals surface area contributed by atoms with E-state index in [-0.39, 0.29) is 13.2 Å².